The number of carboxylic acid groups (broad SMARTS) is 1. The second-order valence-electron chi connectivity index (χ2n) is 6.26. The molecule has 0 unspecified atom stereocenters. The van der Waals surface area contributed by atoms with Gasteiger partial charge in [-0.2, -0.15) is 0 Å². The summed E-state index contributed by atoms with van der Waals surface area (Å²) in [6.45, 7) is 0. The Balaban J connectivity index is 1.75. The van der Waals surface area contributed by atoms with Crippen LogP contribution in [0, 0.1) is 0 Å². The number of rotatable bonds is 6. The molecule has 4 rings (SSSR count). The van der Waals surface area contributed by atoms with Crippen LogP contribution in [0.1, 0.15) is 10.4 Å². The summed E-state index contributed by atoms with van der Waals surface area (Å²) in [6, 6.07) is 17.2. The highest BCUT2D eigenvalue weighted by Crippen LogP contribution is 2.41. The van der Waals surface area contributed by atoms with Crippen molar-refractivity contribution in [2.45, 2.75) is 0 Å². The van der Waals surface area contributed by atoms with Crippen LogP contribution in [0.3, 0.4) is 0 Å². The molecular formula is C22H13Cl2NO4S. The van der Waals surface area contributed by atoms with Crippen molar-refractivity contribution in [2.24, 2.45) is 0 Å². The van der Waals surface area contributed by atoms with Crippen molar-refractivity contribution in [3.05, 3.63) is 81.7 Å². The van der Waals surface area contributed by atoms with E-state index in [1.807, 2.05) is 0 Å². The van der Waals surface area contributed by atoms with Crippen molar-refractivity contribution in [2.75, 3.05) is 4.90 Å². The molecule has 2 aromatic carbocycles. The Bertz CT molecular complexity index is 1210. The molecule has 8 heteroatoms. The molecule has 0 aliphatic heterocycles. The maximum atomic E-state index is 12.0. The van der Waals surface area contributed by atoms with Gasteiger partial charge in [-0.3, -0.25) is 4.79 Å². The third-order valence-electron chi connectivity index (χ3n) is 4.42. The second kappa shape index (κ2) is 8.36. The highest BCUT2D eigenvalue weighted by molar-refractivity contribution is 7.15. The third kappa shape index (κ3) is 3.85. The molecule has 0 saturated carbocycles. The quantitative estimate of drug-likeness (QED) is 0.317. The first-order valence-corrected chi connectivity index (χ1v) is 10.3. The molecule has 5 nitrogen and oxygen atoms in total. The summed E-state index contributed by atoms with van der Waals surface area (Å²) < 4.78 is 5.83. The van der Waals surface area contributed by atoms with Crippen molar-refractivity contribution in [3.63, 3.8) is 0 Å². The number of amides is 1. The van der Waals surface area contributed by atoms with Gasteiger partial charge in [0.05, 0.1) is 0 Å². The van der Waals surface area contributed by atoms with Gasteiger partial charge in [0.25, 0.3) is 0 Å². The minimum Gasteiger partial charge on any atom is -0.478 e. The highest BCUT2D eigenvalue weighted by Gasteiger charge is 2.26. The molecule has 2 aromatic heterocycles. The number of anilines is 2. The molecule has 0 atom stereocenters. The molecule has 0 saturated heterocycles. The zero-order chi connectivity index (χ0) is 21.3. The van der Waals surface area contributed by atoms with Crippen molar-refractivity contribution in [3.8, 4) is 22.5 Å². The number of hydrogen-bond acceptors (Lipinski definition) is 4. The molecule has 1 N–H and O–H groups in total. The van der Waals surface area contributed by atoms with Crippen molar-refractivity contribution in [1.29, 1.82) is 0 Å². The predicted octanol–water partition coefficient (Wildman–Crippen LogP) is 6.97. The van der Waals surface area contributed by atoms with E-state index in [0.29, 0.717) is 33.3 Å². The fourth-order valence-electron chi connectivity index (χ4n) is 3.00. The molecule has 2 heterocycles. The van der Waals surface area contributed by atoms with Gasteiger partial charge in [-0.1, -0.05) is 35.3 Å². The lowest BCUT2D eigenvalue weighted by atomic mass is 10.0. The SMILES string of the molecule is O=CN(c1ccc(-c2ccc(Cl)cc2)o1)c1scc(-c2ccc(Cl)cc2)c1C(=O)O. The van der Waals surface area contributed by atoms with Gasteiger partial charge in [-0.05, 0) is 48.0 Å². The average Bonchev–Trinajstić information content (AvgIpc) is 3.38. The van der Waals surface area contributed by atoms with Crippen molar-refractivity contribution < 1.29 is 19.1 Å². The number of carbonyl (C=O) groups excluding carboxylic acids is 1. The van der Waals surface area contributed by atoms with Crippen LogP contribution in [0.4, 0.5) is 10.9 Å². The van der Waals surface area contributed by atoms with E-state index in [-0.39, 0.29) is 16.4 Å². The van der Waals surface area contributed by atoms with Gasteiger partial charge in [0.2, 0.25) is 12.3 Å². The van der Waals surface area contributed by atoms with Gasteiger partial charge in [-0.15, -0.1) is 11.3 Å². The molecule has 1 amide bonds. The smallest absolute Gasteiger partial charge is 0.339 e. The third-order valence-corrected chi connectivity index (χ3v) is 5.90. The van der Waals surface area contributed by atoms with E-state index in [2.05, 4.69) is 0 Å². The summed E-state index contributed by atoms with van der Waals surface area (Å²) in [4.78, 5) is 25.1. The Labute approximate surface area is 185 Å². The summed E-state index contributed by atoms with van der Waals surface area (Å²) in [6.07, 6.45) is 0.536. The molecule has 4 aromatic rings. The minimum atomic E-state index is -1.15. The van der Waals surface area contributed by atoms with Crippen LogP contribution >= 0.6 is 34.5 Å². The molecule has 0 spiro atoms. The summed E-state index contributed by atoms with van der Waals surface area (Å²) >= 11 is 13.0. The first-order valence-electron chi connectivity index (χ1n) is 8.69. The van der Waals surface area contributed by atoms with E-state index in [1.165, 1.54) is 4.90 Å². The lowest BCUT2D eigenvalue weighted by Crippen LogP contribution is -2.15. The molecular weight excluding hydrogens is 445 g/mol. The van der Waals surface area contributed by atoms with Crippen molar-refractivity contribution in [1.82, 2.24) is 0 Å². The molecule has 0 aliphatic carbocycles. The van der Waals surface area contributed by atoms with Gasteiger partial charge in [0, 0.05) is 32.6 Å². The minimum absolute atomic E-state index is 0.0128. The van der Waals surface area contributed by atoms with Gasteiger partial charge >= 0.3 is 5.97 Å². The number of benzene rings is 2. The lowest BCUT2D eigenvalue weighted by Gasteiger charge is -2.14. The zero-order valence-corrected chi connectivity index (χ0v) is 17.5. The molecule has 0 bridgehead atoms. The normalized spacial score (nSPS) is 10.7. The fourth-order valence-corrected chi connectivity index (χ4v) is 4.30. The van der Waals surface area contributed by atoms with Crippen LogP contribution in [0.2, 0.25) is 10.0 Å². The van der Waals surface area contributed by atoms with Gasteiger partial charge in [-0.25, -0.2) is 9.69 Å². The first kappa shape index (κ1) is 20.2. The van der Waals surface area contributed by atoms with Crippen LogP contribution in [0.25, 0.3) is 22.5 Å². The van der Waals surface area contributed by atoms with E-state index in [4.69, 9.17) is 27.6 Å². The van der Waals surface area contributed by atoms with Crippen molar-refractivity contribution >= 4 is 57.8 Å². The van der Waals surface area contributed by atoms with Gasteiger partial charge in [0.1, 0.15) is 16.3 Å². The first-order chi connectivity index (χ1) is 14.5. The van der Waals surface area contributed by atoms with Crippen LogP contribution in [0.5, 0.6) is 0 Å². The summed E-state index contributed by atoms with van der Waals surface area (Å²) in [5, 5.41) is 12.9. The van der Waals surface area contributed by atoms with Crippen LogP contribution < -0.4 is 4.90 Å². The average molecular weight is 458 g/mol. The molecule has 0 aliphatic rings. The maximum Gasteiger partial charge on any atom is 0.339 e. The number of carbonyl (C=O) groups is 2. The summed E-state index contributed by atoms with van der Waals surface area (Å²) in [5.74, 6) is -0.408. The molecule has 150 valence electrons. The number of aromatic carboxylic acids is 1. The second-order valence-corrected chi connectivity index (χ2v) is 7.99. The van der Waals surface area contributed by atoms with Crippen LogP contribution in [-0.2, 0) is 4.79 Å². The number of thiophene rings is 1. The van der Waals surface area contributed by atoms with Crippen LogP contribution in [-0.4, -0.2) is 17.5 Å². The number of nitrogens with zero attached hydrogens (tertiary/aromatic N) is 1. The standard InChI is InChI=1S/C22H13Cl2NO4S/c23-15-5-1-13(2-6-15)17-11-30-21(20(17)22(27)28)25(12-26)19-10-9-18(29-19)14-3-7-16(24)8-4-14/h1-12H,(H,27,28). The Kier molecular flexibility index (Phi) is 5.63. The molecule has 0 radical (unpaired) electrons. The van der Waals surface area contributed by atoms with Gasteiger partial charge < -0.3 is 9.52 Å². The van der Waals surface area contributed by atoms with E-state index in [0.717, 1.165) is 16.9 Å². The van der Waals surface area contributed by atoms with Gasteiger partial charge in [0.15, 0.2) is 0 Å². The maximum absolute atomic E-state index is 12.0. The number of hydrogen-bond donors (Lipinski definition) is 1. The largest absolute Gasteiger partial charge is 0.478 e. The number of carboxylic acids is 1. The molecule has 0 fully saturated rings. The predicted molar refractivity (Wildman–Crippen MR) is 119 cm³/mol. The molecule has 30 heavy (non-hydrogen) atoms. The summed E-state index contributed by atoms with van der Waals surface area (Å²) in [7, 11) is 0. The van der Waals surface area contributed by atoms with Crippen LogP contribution in [0.15, 0.2) is 70.5 Å². The summed E-state index contributed by atoms with van der Waals surface area (Å²) in [5.41, 5.74) is 1.98. The number of furan rings is 1. The van der Waals surface area contributed by atoms with E-state index in [1.54, 1.807) is 66.0 Å². The Morgan fingerprint density at radius 3 is 2.10 bits per heavy atom. The topological polar surface area (TPSA) is 70.8 Å². The Morgan fingerprint density at radius 1 is 0.933 bits per heavy atom. The zero-order valence-electron chi connectivity index (χ0n) is 15.2. The van der Waals surface area contributed by atoms with E-state index in [9.17, 15) is 14.7 Å². The highest BCUT2D eigenvalue weighted by atomic mass is 35.5. The van der Waals surface area contributed by atoms with E-state index >= 15 is 0 Å². The monoisotopic (exact) mass is 457 g/mol. The lowest BCUT2D eigenvalue weighted by molar-refractivity contribution is -0.106. The Morgan fingerprint density at radius 2 is 1.53 bits per heavy atom. The number of halogens is 2. The fraction of sp³-hybridized carbons (Fsp3) is 0. The van der Waals surface area contributed by atoms with E-state index < -0.39 is 5.97 Å². The Hall–Kier alpha value is -3.06.